The van der Waals surface area contributed by atoms with Crippen molar-refractivity contribution in [3.05, 3.63) is 95.6 Å². The monoisotopic (exact) mass is 336 g/mol. The van der Waals surface area contributed by atoms with Crippen molar-refractivity contribution in [3.8, 4) is 11.1 Å². The summed E-state index contributed by atoms with van der Waals surface area (Å²) in [7, 11) is 0. The van der Waals surface area contributed by atoms with Crippen LogP contribution >= 0.6 is 0 Å². The van der Waals surface area contributed by atoms with Crippen LogP contribution in [-0.2, 0) is 11.4 Å². The van der Waals surface area contributed by atoms with Crippen LogP contribution in [0.4, 0.5) is 8.78 Å². The highest BCUT2D eigenvalue weighted by Gasteiger charge is 2.06. The summed E-state index contributed by atoms with van der Waals surface area (Å²) in [5.74, 6) is 0. The van der Waals surface area contributed by atoms with Gasteiger partial charge in [-0.05, 0) is 22.8 Å². The molecular formula is C21H16F2NO. The topological polar surface area (TPSA) is 21.6 Å². The molecule has 1 radical (unpaired) electrons. The highest BCUT2D eigenvalue weighted by atomic mass is 19.3. The molecule has 0 aliphatic carbocycles. The Balaban J connectivity index is 1.56. The Morgan fingerprint density at radius 2 is 1.56 bits per heavy atom. The van der Waals surface area contributed by atoms with E-state index in [4.69, 9.17) is 4.84 Å². The Bertz CT molecular complexity index is 830. The molecule has 3 aromatic rings. The molecule has 0 bridgehead atoms. The Morgan fingerprint density at radius 1 is 0.840 bits per heavy atom. The smallest absolute Gasteiger partial charge is 0.263 e. The Hall–Kier alpha value is -3.01. The summed E-state index contributed by atoms with van der Waals surface area (Å²) in [4.78, 5) is 5.20. The number of hydrogen-bond donors (Lipinski definition) is 0. The van der Waals surface area contributed by atoms with Gasteiger partial charge in [0.1, 0.15) is 12.8 Å². The SMILES string of the molecule is FC(F)c1cccc(/[C]=N\OCc2ccc(-c3ccccc3)cc2)c1. The van der Waals surface area contributed by atoms with Gasteiger partial charge in [0.15, 0.2) is 0 Å². The summed E-state index contributed by atoms with van der Waals surface area (Å²) in [6.07, 6.45) is 0.108. The fourth-order valence-corrected chi connectivity index (χ4v) is 2.36. The molecular weight excluding hydrogens is 320 g/mol. The van der Waals surface area contributed by atoms with Crippen LogP contribution in [0.3, 0.4) is 0 Å². The molecule has 0 aliphatic rings. The maximum absolute atomic E-state index is 12.6. The molecule has 0 N–H and O–H groups in total. The van der Waals surface area contributed by atoms with Crippen LogP contribution < -0.4 is 0 Å². The lowest BCUT2D eigenvalue weighted by Gasteiger charge is -2.04. The van der Waals surface area contributed by atoms with Gasteiger partial charge in [0.2, 0.25) is 0 Å². The second-order valence-corrected chi connectivity index (χ2v) is 5.47. The average molecular weight is 336 g/mol. The minimum Gasteiger partial charge on any atom is -0.390 e. The molecule has 0 saturated carbocycles. The zero-order valence-electron chi connectivity index (χ0n) is 13.4. The van der Waals surface area contributed by atoms with Crippen LogP contribution in [0.15, 0.2) is 84.0 Å². The van der Waals surface area contributed by atoms with Gasteiger partial charge in [0.05, 0.1) is 0 Å². The van der Waals surface area contributed by atoms with Crippen molar-refractivity contribution in [2.45, 2.75) is 13.0 Å². The third kappa shape index (κ3) is 4.73. The second-order valence-electron chi connectivity index (χ2n) is 5.47. The maximum atomic E-state index is 12.6. The first-order valence-corrected chi connectivity index (χ1v) is 7.83. The first kappa shape index (κ1) is 16.8. The van der Waals surface area contributed by atoms with Gasteiger partial charge in [-0.2, -0.15) is 0 Å². The molecule has 0 aliphatic heterocycles. The van der Waals surface area contributed by atoms with Crippen LogP contribution in [0.5, 0.6) is 0 Å². The molecule has 0 amide bonds. The van der Waals surface area contributed by atoms with Crippen molar-refractivity contribution in [2.24, 2.45) is 5.16 Å². The molecule has 125 valence electrons. The zero-order valence-corrected chi connectivity index (χ0v) is 13.4. The van der Waals surface area contributed by atoms with Gasteiger partial charge in [0, 0.05) is 11.1 Å². The predicted molar refractivity (Wildman–Crippen MR) is 94.6 cm³/mol. The molecule has 3 rings (SSSR count). The Kier molecular flexibility index (Phi) is 5.52. The molecule has 0 saturated heterocycles. The Morgan fingerprint density at radius 3 is 2.28 bits per heavy atom. The van der Waals surface area contributed by atoms with E-state index >= 15 is 0 Å². The lowest BCUT2D eigenvalue weighted by molar-refractivity contribution is 0.132. The first-order valence-electron chi connectivity index (χ1n) is 7.83. The molecule has 4 heteroatoms. The molecule has 3 aromatic carbocycles. The van der Waals surface area contributed by atoms with Gasteiger partial charge in [-0.1, -0.05) is 78.0 Å². The van der Waals surface area contributed by atoms with E-state index in [1.54, 1.807) is 12.1 Å². The van der Waals surface area contributed by atoms with E-state index in [9.17, 15) is 8.78 Å². The molecule has 0 heterocycles. The standard InChI is InChI=1S/C21H16F2NO/c22-21(23)20-8-4-5-17(13-20)14-24-25-15-16-9-11-19(12-10-16)18-6-2-1-3-7-18/h1-13,21H,15H2. The van der Waals surface area contributed by atoms with Crippen LogP contribution in [0.1, 0.15) is 23.1 Å². The highest BCUT2D eigenvalue weighted by molar-refractivity contribution is 5.79. The summed E-state index contributed by atoms with van der Waals surface area (Å²) >= 11 is 0. The summed E-state index contributed by atoms with van der Waals surface area (Å²) in [6.45, 7) is 0.288. The van der Waals surface area contributed by atoms with Crippen molar-refractivity contribution in [2.75, 3.05) is 0 Å². The largest absolute Gasteiger partial charge is 0.390 e. The third-order valence-electron chi connectivity index (χ3n) is 3.67. The molecule has 2 nitrogen and oxygen atoms in total. The maximum Gasteiger partial charge on any atom is 0.263 e. The molecule has 0 atom stereocenters. The van der Waals surface area contributed by atoms with Crippen molar-refractivity contribution in [3.63, 3.8) is 0 Å². The fraction of sp³-hybridized carbons (Fsp3) is 0.0952. The van der Waals surface area contributed by atoms with Crippen molar-refractivity contribution in [1.82, 2.24) is 0 Å². The van der Waals surface area contributed by atoms with E-state index in [0.717, 1.165) is 16.7 Å². The number of hydrogen-bond acceptors (Lipinski definition) is 2. The average Bonchev–Trinajstić information content (AvgIpc) is 2.67. The van der Waals surface area contributed by atoms with Gasteiger partial charge in [-0.25, -0.2) is 8.78 Å². The van der Waals surface area contributed by atoms with E-state index in [-0.39, 0.29) is 12.2 Å². The van der Waals surface area contributed by atoms with E-state index in [0.29, 0.717) is 5.56 Å². The normalized spacial score (nSPS) is 11.2. The summed E-state index contributed by atoms with van der Waals surface area (Å²) < 4.78 is 25.2. The van der Waals surface area contributed by atoms with Gasteiger partial charge in [0.25, 0.3) is 6.43 Å². The summed E-state index contributed by atoms with van der Waals surface area (Å²) in [5, 5.41) is 3.72. The number of rotatable bonds is 6. The minimum absolute atomic E-state index is 0.0586. The van der Waals surface area contributed by atoms with Gasteiger partial charge in [-0.3, -0.25) is 0 Å². The lowest BCUT2D eigenvalue weighted by atomic mass is 10.0. The second kappa shape index (κ2) is 8.20. The van der Waals surface area contributed by atoms with Crippen molar-refractivity contribution in [1.29, 1.82) is 0 Å². The first-order chi connectivity index (χ1) is 12.2. The van der Waals surface area contributed by atoms with E-state index in [2.05, 4.69) is 23.5 Å². The van der Waals surface area contributed by atoms with Crippen LogP contribution in [0.25, 0.3) is 11.1 Å². The van der Waals surface area contributed by atoms with Crippen LogP contribution in [0.2, 0.25) is 0 Å². The van der Waals surface area contributed by atoms with Gasteiger partial charge < -0.3 is 4.84 Å². The fourth-order valence-electron chi connectivity index (χ4n) is 2.36. The van der Waals surface area contributed by atoms with E-state index < -0.39 is 6.43 Å². The van der Waals surface area contributed by atoms with Crippen LogP contribution in [-0.4, -0.2) is 6.21 Å². The van der Waals surface area contributed by atoms with Gasteiger partial charge >= 0.3 is 0 Å². The minimum atomic E-state index is -2.51. The number of alkyl halides is 2. The predicted octanol–water partition coefficient (Wildman–Crippen LogP) is 5.72. The Labute approximate surface area is 145 Å². The number of nitrogens with zero attached hydrogens (tertiary/aromatic N) is 1. The van der Waals surface area contributed by atoms with Gasteiger partial charge in [-0.15, -0.1) is 0 Å². The summed E-state index contributed by atoms with van der Waals surface area (Å²) in [5.41, 5.74) is 3.64. The lowest BCUT2D eigenvalue weighted by Crippen LogP contribution is -1.90. The summed E-state index contributed by atoms with van der Waals surface area (Å²) in [6, 6.07) is 24.0. The quantitative estimate of drug-likeness (QED) is 0.417. The molecule has 25 heavy (non-hydrogen) atoms. The van der Waals surface area contributed by atoms with E-state index in [1.807, 2.05) is 42.5 Å². The molecule has 0 unspecified atom stereocenters. The van der Waals surface area contributed by atoms with Crippen LogP contribution in [0, 0.1) is 0 Å². The van der Waals surface area contributed by atoms with Crippen molar-refractivity contribution >= 4 is 6.21 Å². The molecule has 0 fully saturated rings. The highest BCUT2D eigenvalue weighted by Crippen LogP contribution is 2.20. The van der Waals surface area contributed by atoms with Crippen molar-refractivity contribution < 1.29 is 13.6 Å². The number of halogens is 2. The molecule has 0 aromatic heterocycles. The molecule has 0 spiro atoms. The number of benzene rings is 3. The third-order valence-corrected chi connectivity index (χ3v) is 3.67. The van der Waals surface area contributed by atoms with E-state index in [1.165, 1.54) is 12.1 Å². The zero-order chi connectivity index (χ0) is 17.5.